The average Bonchev–Trinajstić information content (AvgIpc) is 2.25. The fourth-order valence-corrected chi connectivity index (χ4v) is 1.66. The summed E-state index contributed by atoms with van der Waals surface area (Å²) in [5, 5.41) is 0. The lowest BCUT2D eigenvalue weighted by Gasteiger charge is -2.02. The minimum atomic E-state index is 1.10. The molecule has 0 heteroatoms. The highest BCUT2D eigenvalue weighted by Crippen LogP contribution is 2.09. The quantitative estimate of drug-likeness (QED) is 0.589. The monoisotopic (exact) mass is 189 g/mol. The summed E-state index contributed by atoms with van der Waals surface area (Å²) in [6.45, 7) is 4.44. The topological polar surface area (TPSA) is 0 Å². The van der Waals surface area contributed by atoms with E-state index in [2.05, 4.69) is 38.1 Å². The molecule has 14 heavy (non-hydrogen) atoms. The highest BCUT2D eigenvalue weighted by atomic mass is 14.0. The first-order valence-electron chi connectivity index (χ1n) is 5.87. The predicted octanol–water partition coefficient (Wildman–Crippen LogP) is 4.17. The second-order valence-electron chi connectivity index (χ2n) is 3.87. The van der Waals surface area contributed by atoms with E-state index in [1.807, 2.05) is 0 Å². The fraction of sp³-hybridized carbons (Fsp3) is 0.571. The number of hydrogen-bond acceptors (Lipinski definition) is 0. The van der Waals surface area contributed by atoms with E-state index in [9.17, 15) is 0 Å². The highest BCUT2D eigenvalue weighted by Gasteiger charge is 1.95. The van der Waals surface area contributed by atoms with Gasteiger partial charge in [0, 0.05) is 0 Å². The number of benzene rings is 1. The zero-order valence-electron chi connectivity index (χ0n) is 9.47. The molecule has 0 nitrogen and oxygen atoms in total. The van der Waals surface area contributed by atoms with Gasteiger partial charge in [-0.25, -0.2) is 0 Å². The molecule has 1 aromatic carbocycles. The van der Waals surface area contributed by atoms with E-state index in [1.165, 1.54) is 43.2 Å². The third-order valence-electron chi connectivity index (χ3n) is 2.60. The van der Waals surface area contributed by atoms with Crippen molar-refractivity contribution < 1.29 is 0 Å². The summed E-state index contributed by atoms with van der Waals surface area (Å²) in [4.78, 5) is 0. The van der Waals surface area contributed by atoms with Gasteiger partial charge in [-0.3, -0.25) is 0 Å². The van der Waals surface area contributed by atoms with Crippen LogP contribution in [-0.4, -0.2) is 0 Å². The predicted molar refractivity (Wildman–Crippen MR) is 62.5 cm³/mol. The molecule has 0 saturated carbocycles. The first kappa shape index (κ1) is 11.3. The Bertz CT molecular complexity index is 250. The summed E-state index contributed by atoms with van der Waals surface area (Å²) in [6.07, 6.45) is 7.67. The SMILES string of the molecule is CCCCCCc1[c]c(CC)ccc1. The fourth-order valence-electron chi connectivity index (χ4n) is 1.66. The molecule has 0 saturated heterocycles. The van der Waals surface area contributed by atoms with Crippen LogP contribution in [-0.2, 0) is 12.8 Å². The van der Waals surface area contributed by atoms with Crippen molar-refractivity contribution in [3.05, 3.63) is 35.4 Å². The molecule has 1 radical (unpaired) electrons. The van der Waals surface area contributed by atoms with E-state index in [1.54, 1.807) is 0 Å². The van der Waals surface area contributed by atoms with Gasteiger partial charge in [0.2, 0.25) is 0 Å². The van der Waals surface area contributed by atoms with Crippen LogP contribution in [0.1, 0.15) is 50.7 Å². The molecular formula is C14H21. The van der Waals surface area contributed by atoms with Crippen molar-refractivity contribution >= 4 is 0 Å². The molecule has 0 aliphatic carbocycles. The van der Waals surface area contributed by atoms with Gasteiger partial charge >= 0.3 is 0 Å². The van der Waals surface area contributed by atoms with E-state index in [-0.39, 0.29) is 0 Å². The van der Waals surface area contributed by atoms with E-state index >= 15 is 0 Å². The lowest BCUT2D eigenvalue weighted by molar-refractivity contribution is 0.666. The average molecular weight is 189 g/mol. The Balaban J connectivity index is 2.34. The third kappa shape index (κ3) is 3.95. The van der Waals surface area contributed by atoms with Gasteiger partial charge in [0.25, 0.3) is 0 Å². The Kier molecular flexibility index (Phi) is 5.36. The molecule has 0 aliphatic heterocycles. The summed E-state index contributed by atoms with van der Waals surface area (Å²) < 4.78 is 0. The molecule has 0 unspecified atom stereocenters. The van der Waals surface area contributed by atoms with Gasteiger partial charge in [0.15, 0.2) is 0 Å². The van der Waals surface area contributed by atoms with Gasteiger partial charge in [-0.15, -0.1) is 0 Å². The Labute approximate surface area is 88.4 Å². The van der Waals surface area contributed by atoms with Crippen molar-refractivity contribution in [3.8, 4) is 0 Å². The zero-order valence-corrected chi connectivity index (χ0v) is 9.47. The van der Waals surface area contributed by atoms with Crippen molar-refractivity contribution in [2.24, 2.45) is 0 Å². The number of hydrogen-bond donors (Lipinski definition) is 0. The van der Waals surface area contributed by atoms with Gasteiger partial charge in [0.05, 0.1) is 0 Å². The summed E-state index contributed by atoms with van der Waals surface area (Å²) in [6, 6.07) is 9.99. The maximum absolute atomic E-state index is 3.47. The molecule has 0 aromatic heterocycles. The van der Waals surface area contributed by atoms with E-state index in [0.29, 0.717) is 0 Å². The van der Waals surface area contributed by atoms with E-state index in [4.69, 9.17) is 0 Å². The molecule has 0 heterocycles. The third-order valence-corrected chi connectivity index (χ3v) is 2.60. The molecule has 0 fully saturated rings. The van der Waals surface area contributed by atoms with Crippen LogP contribution < -0.4 is 0 Å². The van der Waals surface area contributed by atoms with Crippen molar-refractivity contribution in [1.29, 1.82) is 0 Å². The molecule has 77 valence electrons. The normalized spacial score (nSPS) is 10.4. The van der Waals surface area contributed by atoms with Crippen molar-refractivity contribution in [1.82, 2.24) is 0 Å². The molecule has 1 rings (SSSR count). The van der Waals surface area contributed by atoms with Crippen molar-refractivity contribution in [2.75, 3.05) is 0 Å². The van der Waals surface area contributed by atoms with E-state index in [0.717, 1.165) is 6.42 Å². The summed E-state index contributed by atoms with van der Waals surface area (Å²) in [7, 11) is 0. The minimum Gasteiger partial charge on any atom is -0.0654 e. The smallest absolute Gasteiger partial charge is 0.0114 e. The Morgan fingerprint density at radius 2 is 1.79 bits per heavy atom. The van der Waals surface area contributed by atoms with Crippen LogP contribution in [0.15, 0.2) is 18.2 Å². The van der Waals surface area contributed by atoms with E-state index < -0.39 is 0 Å². The first-order chi connectivity index (χ1) is 6.86. The molecule has 0 spiro atoms. The minimum absolute atomic E-state index is 1.10. The van der Waals surface area contributed by atoms with Gasteiger partial charge in [-0.2, -0.15) is 0 Å². The number of rotatable bonds is 6. The van der Waals surface area contributed by atoms with Gasteiger partial charge in [-0.05, 0) is 36.5 Å². The van der Waals surface area contributed by atoms with Crippen LogP contribution in [0.2, 0.25) is 0 Å². The molecule has 0 atom stereocenters. The molecule has 0 N–H and O–H groups in total. The standard InChI is InChI=1S/C14H21/c1-3-5-6-7-9-14-11-8-10-13(4-2)12-14/h8,10-11H,3-7,9H2,1-2H3. The second-order valence-corrected chi connectivity index (χ2v) is 3.87. The number of unbranched alkanes of at least 4 members (excludes halogenated alkanes) is 3. The molecule has 1 aromatic rings. The summed E-state index contributed by atoms with van der Waals surface area (Å²) in [5.41, 5.74) is 2.73. The lowest BCUT2D eigenvalue weighted by atomic mass is 10.0. The van der Waals surface area contributed by atoms with Crippen molar-refractivity contribution in [3.63, 3.8) is 0 Å². The van der Waals surface area contributed by atoms with Crippen LogP contribution in [0.3, 0.4) is 0 Å². The second kappa shape index (κ2) is 6.64. The Morgan fingerprint density at radius 3 is 2.50 bits per heavy atom. The van der Waals surface area contributed by atoms with Gasteiger partial charge in [0.1, 0.15) is 0 Å². The van der Waals surface area contributed by atoms with Crippen LogP contribution in [0, 0.1) is 6.07 Å². The van der Waals surface area contributed by atoms with Crippen molar-refractivity contribution in [2.45, 2.75) is 52.4 Å². The largest absolute Gasteiger partial charge is 0.0654 e. The molecular weight excluding hydrogens is 168 g/mol. The van der Waals surface area contributed by atoms with Gasteiger partial charge in [-0.1, -0.05) is 51.3 Å². The van der Waals surface area contributed by atoms with Crippen LogP contribution >= 0.6 is 0 Å². The van der Waals surface area contributed by atoms with Crippen LogP contribution in [0.25, 0.3) is 0 Å². The number of aryl methyl sites for hydroxylation is 2. The van der Waals surface area contributed by atoms with Crippen LogP contribution in [0.5, 0.6) is 0 Å². The maximum atomic E-state index is 3.47. The Hall–Kier alpha value is -0.780. The molecule has 0 amide bonds. The first-order valence-corrected chi connectivity index (χ1v) is 5.87. The summed E-state index contributed by atoms with van der Waals surface area (Å²) >= 11 is 0. The highest BCUT2D eigenvalue weighted by molar-refractivity contribution is 5.21. The van der Waals surface area contributed by atoms with Gasteiger partial charge < -0.3 is 0 Å². The molecule has 0 aliphatic rings. The lowest BCUT2D eigenvalue weighted by Crippen LogP contribution is -1.88. The Morgan fingerprint density at radius 1 is 1.00 bits per heavy atom. The molecule has 0 bridgehead atoms. The summed E-state index contributed by atoms with van der Waals surface area (Å²) in [5.74, 6) is 0. The van der Waals surface area contributed by atoms with Crippen LogP contribution in [0.4, 0.5) is 0 Å². The maximum Gasteiger partial charge on any atom is -0.0114 e. The zero-order chi connectivity index (χ0) is 10.2.